The van der Waals surface area contributed by atoms with Crippen LogP contribution in [0.1, 0.15) is 34.0 Å². The van der Waals surface area contributed by atoms with Crippen molar-refractivity contribution in [1.82, 2.24) is 5.32 Å². The molecule has 2 rings (SSSR count). The van der Waals surface area contributed by atoms with Gasteiger partial charge in [-0.05, 0) is 23.8 Å². The number of carbonyl (C=O) groups is 2. The molecule has 0 heterocycles. The van der Waals surface area contributed by atoms with Crippen LogP contribution >= 0.6 is 0 Å². The Morgan fingerprint density at radius 3 is 2.28 bits per heavy atom. The summed E-state index contributed by atoms with van der Waals surface area (Å²) in [5, 5.41) is 2.62. The molecule has 7 heteroatoms. The second-order valence-electron chi connectivity index (χ2n) is 5.34. The zero-order chi connectivity index (χ0) is 18.4. The summed E-state index contributed by atoms with van der Waals surface area (Å²) < 4.78 is 43.7. The number of carbonyl (C=O) groups excluding carboxylic acids is 2. The molecule has 0 fully saturated rings. The lowest BCUT2D eigenvalue weighted by atomic mass is 10.1. The van der Waals surface area contributed by atoms with E-state index in [1.165, 1.54) is 37.3 Å². The Kier molecular flexibility index (Phi) is 5.80. The summed E-state index contributed by atoms with van der Waals surface area (Å²) in [5.41, 5.74) is 0.0734. The number of hydrogen-bond donors (Lipinski definition) is 1. The molecule has 0 saturated heterocycles. The number of halogens is 3. The van der Waals surface area contributed by atoms with E-state index in [9.17, 15) is 22.8 Å². The van der Waals surface area contributed by atoms with Gasteiger partial charge in [-0.15, -0.1) is 0 Å². The van der Waals surface area contributed by atoms with Gasteiger partial charge in [0.1, 0.15) is 6.61 Å². The van der Waals surface area contributed by atoms with Crippen LogP contribution in [0, 0.1) is 0 Å². The van der Waals surface area contributed by atoms with Crippen LogP contribution in [0.4, 0.5) is 13.2 Å². The Balaban J connectivity index is 2.00. The summed E-state index contributed by atoms with van der Waals surface area (Å²) in [7, 11) is 0. The van der Waals surface area contributed by atoms with Gasteiger partial charge in [-0.2, -0.15) is 13.2 Å². The predicted octanol–water partition coefficient (Wildman–Crippen LogP) is 3.70. The molecule has 4 nitrogen and oxygen atoms in total. The number of amides is 1. The lowest BCUT2D eigenvalue weighted by Gasteiger charge is -2.13. The van der Waals surface area contributed by atoms with E-state index in [4.69, 9.17) is 4.74 Å². The molecule has 0 aliphatic rings. The Hall–Kier alpha value is -2.83. The zero-order valence-corrected chi connectivity index (χ0v) is 13.4. The summed E-state index contributed by atoms with van der Waals surface area (Å²) >= 11 is 0. The molecular weight excluding hydrogens is 335 g/mol. The van der Waals surface area contributed by atoms with E-state index in [0.717, 1.165) is 11.6 Å². The Labute approximate surface area is 142 Å². The summed E-state index contributed by atoms with van der Waals surface area (Å²) in [4.78, 5) is 22.8. The fraction of sp³-hybridized carbons (Fsp3) is 0.222. The minimum Gasteiger partial charge on any atom is -0.457 e. The second kappa shape index (κ2) is 7.83. The van der Waals surface area contributed by atoms with E-state index in [-0.39, 0.29) is 17.0 Å². The van der Waals surface area contributed by atoms with Gasteiger partial charge in [0, 0.05) is 19.0 Å². The minimum absolute atomic E-state index is 0.106. The van der Waals surface area contributed by atoms with Crippen LogP contribution < -0.4 is 5.32 Å². The molecule has 0 spiro atoms. The SMILES string of the molecule is CC(=O)NCc1ccc(C(=O)OCc2ccccc2C(F)(F)F)cc1. The molecule has 132 valence electrons. The maximum Gasteiger partial charge on any atom is 0.416 e. The molecule has 1 N–H and O–H groups in total. The summed E-state index contributed by atoms with van der Waals surface area (Å²) in [6.45, 7) is 1.25. The quantitative estimate of drug-likeness (QED) is 0.836. The normalized spacial score (nSPS) is 11.0. The average Bonchev–Trinajstić information content (AvgIpc) is 2.57. The molecular formula is C18H16F3NO3. The largest absolute Gasteiger partial charge is 0.457 e. The highest BCUT2D eigenvalue weighted by atomic mass is 19.4. The Morgan fingerprint density at radius 2 is 1.68 bits per heavy atom. The number of nitrogens with one attached hydrogen (secondary N) is 1. The highest BCUT2D eigenvalue weighted by Crippen LogP contribution is 2.32. The van der Waals surface area contributed by atoms with Gasteiger partial charge in [-0.3, -0.25) is 4.79 Å². The summed E-state index contributed by atoms with van der Waals surface area (Å²) in [5.74, 6) is -0.894. The summed E-state index contributed by atoms with van der Waals surface area (Å²) in [6, 6.07) is 11.2. The fourth-order valence-electron chi connectivity index (χ4n) is 2.13. The van der Waals surface area contributed by atoms with E-state index < -0.39 is 24.3 Å². The topological polar surface area (TPSA) is 55.4 Å². The van der Waals surface area contributed by atoms with Gasteiger partial charge in [0.15, 0.2) is 0 Å². The first-order chi connectivity index (χ1) is 11.8. The van der Waals surface area contributed by atoms with Crippen LogP contribution in [0.3, 0.4) is 0 Å². The minimum atomic E-state index is -4.51. The first-order valence-corrected chi connectivity index (χ1v) is 7.43. The van der Waals surface area contributed by atoms with E-state index in [0.29, 0.717) is 6.54 Å². The molecule has 0 unspecified atom stereocenters. The van der Waals surface area contributed by atoms with E-state index in [1.54, 1.807) is 12.1 Å². The van der Waals surface area contributed by atoms with Crippen LogP contribution in [0.2, 0.25) is 0 Å². The smallest absolute Gasteiger partial charge is 0.416 e. The van der Waals surface area contributed by atoms with Gasteiger partial charge in [0.25, 0.3) is 0 Å². The molecule has 2 aromatic carbocycles. The molecule has 2 aromatic rings. The Bertz CT molecular complexity index is 755. The lowest BCUT2D eigenvalue weighted by molar-refractivity contribution is -0.138. The number of benzene rings is 2. The summed E-state index contributed by atoms with van der Waals surface area (Å²) in [6.07, 6.45) is -4.51. The molecule has 0 aliphatic carbocycles. The predicted molar refractivity (Wildman–Crippen MR) is 84.5 cm³/mol. The molecule has 0 saturated carbocycles. The van der Waals surface area contributed by atoms with Crippen molar-refractivity contribution in [1.29, 1.82) is 0 Å². The van der Waals surface area contributed by atoms with Gasteiger partial charge in [-0.25, -0.2) is 4.79 Å². The number of rotatable bonds is 5. The number of ether oxygens (including phenoxy) is 1. The van der Waals surface area contributed by atoms with Crippen LogP contribution in [-0.4, -0.2) is 11.9 Å². The van der Waals surface area contributed by atoms with Crippen LogP contribution in [0.15, 0.2) is 48.5 Å². The van der Waals surface area contributed by atoms with Crippen molar-refractivity contribution in [2.75, 3.05) is 0 Å². The molecule has 0 aliphatic heterocycles. The lowest BCUT2D eigenvalue weighted by Crippen LogP contribution is -2.18. The van der Waals surface area contributed by atoms with Crippen molar-refractivity contribution in [3.8, 4) is 0 Å². The van der Waals surface area contributed by atoms with Crippen molar-refractivity contribution in [3.63, 3.8) is 0 Å². The van der Waals surface area contributed by atoms with Crippen molar-refractivity contribution in [2.45, 2.75) is 26.3 Å². The van der Waals surface area contributed by atoms with Crippen LogP contribution in [0.25, 0.3) is 0 Å². The number of esters is 1. The second-order valence-corrected chi connectivity index (χ2v) is 5.34. The van der Waals surface area contributed by atoms with Gasteiger partial charge in [0.05, 0.1) is 11.1 Å². The maximum atomic E-state index is 12.9. The number of alkyl halides is 3. The highest BCUT2D eigenvalue weighted by Gasteiger charge is 2.33. The third-order valence-corrected chi connectivity index (χ3v) is 3.41. The molecule has 0 bridgehead atoms. The maximum absolute atomic E-state index is 12.9. The first-order valence-electron chi connectivity index (χ1n) is 7.43. The van der Waals surface area contributed by atoms with Crippen molar-refractivity contribution < 1.29 is 27.5 Å². The zero-order valence-electron chi connectivity index (χ0n) is 13.4. The standard InChI is InChI=1S/C18H16F3NO3/c1-12(23)22-10-13-6-8-14(9-7-13)17(24)25-11-15-4-2-3-5-16(15)18(19,20)21/h2-9H,10-11H2,1H3,(H,22,23). The Morgan fingerprint density at radius 1 is 1.04 bits per heavy atom. The number of hydrogen-bond acceptors (Lipinski definition) is 3. The average molecular weight is 351 g/mol. The molecule has 25 heavy (non-hydrogen) atoms. The van der Waals surface area contributed by atoms with Gasteiger partial charge in [-0.1, -0.05) is 30.3 Å². The highest BCUT2D eigenvalue weighted by molar-refractivity contribution is 5.89. The monoisotopic (exact) mass is 351 g/mol. The van der Waals surface area contributed by atoms with Crippen LogP contribution in [0.5, 0.6) is 0 Å². The van der Waals surface area contributed by atoms with Gasteiger partial charge < -0.3 is 10.1 Å². The third kappa shape index (κ3) is 5.34. The molecule has 1 amide bonds. The van der Waals surface area contributed by atoms with Crippen LogP contribution in [-0.2, 0) is 28.9 Å². The van der Waals surface area contributed by atoms with E-state index in [1.807, 2.05) is 0 Å². The first kappa shape index (κ1) is 18.5. The van der Waals surface area contributed by atoms with Gasteiger partial charge in [0.2, 0.25) is 5.91 Å². The third-order valence-electron chi connectivity index (χ3n) is 3.41. The van der Waals surface area contributed by atoms with E-state index >= 15 is 0 Å². The molecule has 0 aromatic heterocycles. The van der Waals surface area contributed by atoms with E-state index in [2.05, 4.69) is 5.32 Å². The van der Waals surface area contributed by atoms with Gasteiger partial charge >= 0.3 is 12.1 Å². The molecule has 0 atom stereocenters. The van der Waals surface area contributed by atoms with Crippen molar-refractivity contribution >= 4 is 11.9 Å². The fourth-order valence-corrected chi connectivity index (χ4v) is 2.13. The van der Waals surface area contributed by atoms with Crippen molar-refractivity contribution in [3.05, 3.63) is 70.8 Å². The molecule has 0 radical (unpaired) electrons. The van der Waals surface area contributed by atoms with Crippen molar-refractivity contribution in [2.24, 2.45) is 0 Å².